The number of nitrogens with one attached hydrogen (secondary N) is 5. The third kappa shape index (κ3) is 18.8. The highest BCUT2D eigenvalue weighted by Gasteiger charge is 2.33. The number of Topliss-reactive ketones (excluding diaryl/α,β-unsaturated/α-hetero) is 2. The van der Waals surface area contributed by atoms with Gasteiger partial charge in [-0.25, -0.2) is 0 Å². The average molecular weight is 832 g/mol. The van der Waals surface area contributed by atoms with E-state index in [2.05, 4.69) is 36.5 Å². The van der Waals surface area contributed by atoms with Crippen molar-refractivity contribution in [1.29, 1.82) is 0 Å². The van der Waals surface area contributed by atoms with Gasteiger partial charge in [-0.3, -0.25) is 38.6 Å². The Kier molecular flexibility index (Phi) is 21.8. The molecule has 0 aromatic heterocycles. The fourth-order valence-corrected chi connectivity index (χ4v) is 7.65. The quantitative estimate of drug-likeness (QED) is 0.0436. The van der Waals surface area contributed by atoms with Crippen LogP contribution < -0.4 is 38.1 Å². The van der Waals surface area contributed by atoms with E-state index in [4.69, 9.17) is 20.9 Å². The molecule has 3 rings (SSSR count). The molecule has 0 bridgehead atoms. The van der Waals surface area contributed by atoms with Crippen molar-refractivity contribution in [3.63, 3.8) is 0 Å². The number of ketones is 2. The Hall–Kier alpha value is -4.59. The van der Waals surface area contributed by atoms with Crippen molar-refractivity contribution in [3.8, 4) is 0 Å². The molecule has 2 saturated heterocycles. The van der Waals surface area contributed by atoms with E-state index in [9.17, 15) is 33.6 Å². The molecule has 2 fully saturated rings. The van der Waals surface area contributed by atoms with E-state index in [1.54, 1.807) is 0 Å². The molecule has 322 valence electrons. The van der Waals surface area contributed by atoms with Crippen LogP contribution >= 0.6 is 11.8 Å². The van der Waals surface area contributed by atoms with Gasteiger partial charge in [0.25, 0.3) is 0 Å². The number of carbonyl (C=O) groups excluding carboxylic acids is 7. The second-order valence-electron chi connectivity index (χ2n) is 14.4. The second-order valence-corrected chi connectivity index (χ2v) is 15.7. The highest BCUT2D eigenvalue weighted by Crippen LogP contribution is 2.24. The molecule has 1 aromatic rings. The van der Waals surface area contributed by atoms with Gasteiger partial charge in [-0.05, 0) is 51.1 Å². The molecule has 1 aromatic carbocycles. The Labute approximate surface area is 344 Å². The van der Waals surface area contributed by atoms with E-state index < -0.39 is 54.2 Å². The van der Waals surface area contributed by atoms with Crippen LogP contribution in [0.5, 0.6) is 0 Å². The van der Waals surface area contributed by atoms with Gasteiger partial charge in [-0.15, -0.1) is 0 Å². The van der Waals surface area contributed by atoms with Gasteiger partial charge in [-0.2, -0.15) is 11.8 Å². The number of guanidine groups is 1. The lowest BCUT2D eigenvalue weighted by molar-refractivity contribution is -0.134. The SMILES string of the molecule is CNC(=O)COCCOCCCC(=O)CCN1CCC(SC[C@H]2NC(=O)[C@@H](Cc3ccccc3)CC(=O)[C@H](C)NC(=O)CNC(=O)[C@H](CCCN=C(N)N)NC2=O)C1. The molecule has 5 amide bonds. The number of hydrogen-bond acceptors (Lipinski definition) is 12. The largest absolute Gasteiger partial charge is 0.379 e. The summed E-state index contributed by atoms with van der Waals surface area (Å²) < 4.78 is 10.7. The van der Waals surface area contributed by atoms with Crippen LogP contribution in [-0.2, 0) is 49.5 Å². The lowest BCUT2D eigenvalue weighted by atomic mass is 9.91. The van der Waals surface area contributed by atoms with Crippen molar-refractivity contribution in [2.24, 2.45) is 22.4 Å². The number of thioether (sulfide) groups is 1. The third-order valence-corrected chi connectivity index (χ3v) is 11.1. The molecular weight excluding hydrogens is 771 g/mol. The molecule has 0 spiro atoms. The summed E-state index contributed by atoms with van der Waals surface area (Å²) in [5.74, 6) is -3.47. The Morgan fingerprint density at radius 2 is 1.67 bits per heavy atom. The molecule has 0 radical (unpaired) electrons. The maximum atomic E-state index is 14.0. The summed E-state index contributed by atoms with van der Waals surface area (Å²) in [6.07, 6.45) is 2.75. The summed E-state index contributed by atoms with van der Waals surface area (Å²) in [6, 6.07) is 6.19. The van der Waals surface area contributed by atoms with Crippen molar-refractivity contribution in [2.45, 2.75) is 81.7 Å². The van der Waals surface area contributed by atoms with Crippen molar-refractivity contribution in [1.82, 2.24) is 31.5 Å². The van der Waals surface area contributed by atoms with E-state index in [0.717, 1.165) is 18.5 Å². The first kappa shape index (κ1) is 47.8. The van der Waals surface area contributed by atoms with Gasteiger partial charge < -0.3 is 52.4 Å². The van der Waals surface area contributed by atoms with E-state index >= 15 is 0 Å². The normalized spacial score (nSPS) is 22.4. The molecule has 0 saturated carbocycles. The van der Waals surface area contributed by atoms with Crippen LogP contribution in [0.15, 0.2) is 35.3 Å². The number of amides is 5. The predicted octanol–water partition coefficient (Wildman–Crippen LogP) is -1.21. The van der Waals surface area contributed by atoms with Gasteiger partial charge in [0, 0.05) is 69.5 Å². The first-order valence-electron chi connectivity index (χ1n) is 19.9. The van der Waals surface area contributed by atoms with Gasteiger partial charge in [0.15, 0.2) is 11.7 Å². The van der Waals surface area contributed by atoms with Gasteiger partial charge >= 0.3 is 0 Å². The molecule has 19 heteroatoms. The lowest BCUT2D eigenvalue weighted by Gasteiger charge is -2.25. The Morgan fingerprint density at radius 1 is 0.931 bits per heavy atom. The maximum absolute atomic E-state index is 14.0. The number of aliphatic imine (C=N–C) groups is 1. The second kappa shape index (κ2) is 26.4. The van der Waals surface area contributed by atoms with Crippen molar-refractivity contribution < 1.29 is 43.0 Å². The number of nitrogens with zero attached hydrogens (tertiary/aromatic N) is 2. The number of likely N-dealkylation sites (N-methyl/N-ethyl adjacent to an activating group) is 1. The van der Waals surface area contributed by atoms with Crippen LogP contribution in [0.3, 0.4) is 0 Å². The molecular formula is C39H61N9O9S. The highest BCUT2D eigenvalue weighted by atomic mass is 32.2. The van der Waals surface area contributed by atoms with E-state index in [-0.39, 0.29) is 66.9 Å². The molecule has 5 atom stereocenters. The maximum Gasteiger partial charge on any atom is 0.245 e. The van der Waals surface area contributed by atoms with Crippen molar-refractivity contribution in [2.75, 3.05) is 72.0 Å². The molecule has 18 nitrogen and oxygen atoms in total. The van der Waals surface area contributed by atoms with Crippen LogP contribution in [0.4, 0.5) is 0 Å². The number of benzene rings is 1. The molecule has 2 aliphatic rings. The number of rotatable bonds is 21. The van der Waals surface area contributed by atoms with Gasteiger partial charge in [0.1, 0.15) is 24.5 Å². The zero-order chi connectivity index (χ0) is 42.3. The molecule has 9 N–H and O–H groups in total. The average Bonchev–Trinajstić information content (AvgIpc) is 3.66. The van der Waals surface area contributed by atoms with Crippen LogP contribution in [0.1, 0.15) is 57.4 Å². The topological polar surface area (TPSA) is 266 Å². The fraction of sp³-hybridized carbons (Fsp3) is 0.641. The number of nitrogens with two attached hydrogens (primary N) is 2. The van der Waals surface area contributed by atoms with E-state index in [1.165, 1.54) is 25.7 Å². The summed E-state index contributed by atoms with van der Waals surface area (Å²) in [4.78, 5) is 97.2. The van der Waals surface area contributed by atoms with Crippen molar-refractivity contribution >= 4 is 58.8 Å². The first-order chi connectivity index (χ1) is 27.8. The first-order valence-corrected chi connectivity index (χ1v) is 20.9. The van der Waals surface area contributed by atoms with Crippen LogP contribution in [-0.4, -0.2) is 147 Å². The molecule has 1 unspecified atom stereocenters. The molecule has 58 heavy (non-hydrogen) atoms. The summed E-state index contributed by atoms with van der Waals surface area (Å²) in [5.41, 5.74) is 11.7. The summed E-state index contributed by atoms with van der Waals surface area (Å²) in [6.45, 7) is 4.42. The predicted molar refractivity (Wildman–Crippen MR) is 220 cm³/mol. The Balaban J connectivity index is 1.64. The molecule has 0 aliphatic carbocycles. The highest BCUT2D eigenvalue weighted by molar-refractivity contribution is 8.00. The zero-order valence-electron chi connectivity index (χ0n) is 33.6. The summed E-state index contributed by atoms with van der Waals surface area (Å²) in [5, 5.41) is 13.4. The standard InChI is InChI=1S/C39H61N9O9S/c1-26-33(50)21-28(20-27-8-4-3-5-9-27)36(53)47-32(38(55)46-31(11-6-14-43-39(40)41)37(54)44-22-34(51)45-26)25-58-30-13-16-48(23-30)15-12-29(49)10-7-17-56-18-19-57-24-35(52)42-2/h3-5,8-9,26,28,30-32H,6-7,10-25H2,1-2H3,(H,42,52)(H,44,54)(H,45,51)(H,46,55)(H,47,53)(H4,40,41,43)/t26-,28-,30?,31-,32+/m0/s1. The lowest BCUT2D eigenvalue weighted by Crippen LogP contribution is -2.56. The fourth-order valence-electron chi connectivity index (χ4n) is 6.36. The number of likely N-dealkylation sites (tertiary alicyclic amines) is 1. The Bertz CT molecular complexity index is 1550. The van der Waals surface area contributed by atoms with Gasteiger partial charge in [-0.1, -0.05) is 30.3 Å². The van der Waals surface area contributed by atoms with Crippen molar-refractivity contribution in [3.05, 3.63) is 35.9 Å². The van der Waals surface area contributed by atoms with Crippen LogP contribution in [0.2, 0.25) is 0 Å². The van der Waals surface area contributed by atoms with E-state index in [1.807, 2.05) is 30.3 Å². The van der Waals surface area contributed by atoms with Gasteiger partial charge in [0.05, 0.1) is 25.8 Å². The Morgan fingerprint density at radius 3 is 2.41 bits per heavy atom. The number of carbonyl (C=O) groups is 7. The minimum Gasteiger partial charge on any atom is -0.379 e. The van der Waals surface area contributed by atoms with Crippen LogP contribution in [0.25, 0.3) is 0 Å². The number of ether oxygens (including phenoxy) is 2. The third-order valence-electron chi connectivity index (χ3n) is 9.70. The smallest absolute Gasteiger partial charge is 0.245 e. The van der Waals surface area contributed by atoms with Crippen LogP contribution in [0, 0.1) is 5.92 Å². The minimum absolute atomic E-state index is 0.0217. The summed E-state index contributed by atoms with van der Waals surface area (Å²) in [7, 11) is 1.54. The summed E-state index contributed by atoms with van der Waals surface area (Å²) >= 11 is 1.52. The minimum atomic E-state index is -1.07. The molecule has 2 aliphatic heterocycles. The van der Waals surface area contributed by atoms with E-state index in [0.29, 0.717) is 58.6 Å². The number of hydrogen-bond donors (Lipinski definition) is 7. The molecule has 2 heterocycles. The zero-order valence-corrected chi connectivity index (χ0v) is 34.4. The van der Waals surface area contributed by atoms with Gasteiger partial charge in [0.2, 0.25) is 29.5 Å². The monoisotopic (exact) mass is 831 g/mol.